The normalized spacial score (nSPS) is 14.5. The van der Waals surface area contributed by atoms with E-state index in [2.05, 4.69) is 5.32 Å². The number of carbonyl (C=O) groups excluding carboxylic acids is 2. The Balaban J connectivity index is 1.58. The number of halogens is 1. The van der Waals surface area contributed by atoms with E-state index in [1.165, 1.54) is 46.8 Å². The second kappa shape index (κ2) is 9.33. The molecule has 9 nitrogen and oxygen atoms in total. The number of rotatable bonds is 7. The first-order valence-electron chi connectivity index (χ1n) is 10.4. The van der Waals surface area contributed by atoms with Crippen molar-refractivity contribution in [1.29, 1.82) is 0 Å². The molecule has 12 heteroatoms. The fourth-order valence-electron chi connectivity index (χ4n) is 3.70. The van der Waals surface area contributed by atoms with Crippen LogP contribution in [0.2, 0.25) is 5.02 Å². The number of benzene rings is 3. The Morgan fingerprint density at radius 2 is 1.69 bits per heavy atom. The zero-order valence-electron chi connectivity index (χ0n) is 18.4. The van der Waals surface area contributed by atoms with Crippen LogP contribution in [0.5, 0.6) is 0 Å². The third-order valence-electron chi connectivity index (χ3n) is 5.31. The van der Waals surface area contributed by atoms with Crippen LogP contribution < -0.4 is 9.62 Å². The number of hydrogen-bond donors (Lipinski definition) is 1. The summed E-state index contributed by atoms with van der Waals surface area (Å²) in [7, 11) is -8.26. The maximum atomic E-state index is 13.4. The number of fused-ring (bicyclic) bond motifs is 1. The summed E-state index contributed by atoms with van der Waals surface area (Å²) in [4.78, 5) is 24.8. The molecule has 0 radical (unpaired) electrons. The third-order valence-corrected chi connectivity index (χ3v) is 9.49. The summed E-state index contributed by atoms with van der Waals surface area (Å²) in [6.07, 6.45) is 0. The number of para-hydroxylation sites is 1. The minimum absolute atomic E-state index is 0.0132. The average molecular weight is 534 g/mol. The van der Waals surface area contributed by atoms with Gasteiger partial charge in [-0.25, -0.2) is 21.1 Å². The lowest BCUT2D eigenvalue weighted by atomic mass is 10.2. The van der Waals surface area contributed by atoms with Gasteiger partial charge in [-0.2, -0.15) is 0 Å². The van der Waals surface area contributed by atoms with Gasteiger partial charge in [-0.3, -0.25) is 13.9 Å². The van der Waals surface area contributed by atoms with E-state index in [1.54, 1.807) is 37.3 Å². The monoisotopic (exact) mass is 533 g/mol. The van der Waals surface area contributed by atoms with Gasteiger partial charge in [0.05, 0.1) is 16.3 Å². The van der Waals surface area contributed by atoms with E-state index in [0.29, 0.717) is 9.99 Å². The summed E-state index contributed by atoms with van der Waals surface area (Å²) in [5, 5.41) is 2.40. The number of amides is 2. The number of nitrogens with one attached hydrogen (secondary N) is 1. The molecule has 182 valence electrons. The average Bonchev–Trinajstić information content (AvgIpc) is 3.02. The van der Waals surface area contributed by atoms with Crippen molar-refractivity contribution < 1.29 is 26.4 Å². The maximum Gasteiger partial charge on any atom is 0.269 e. The van der Waals surface area contributed by atoms with E-state index in [9.17, 15) is 26.4 Å². The van der Waals surface area contributed by atoms with Crippen molar-refractivity contribution in [2.75, 3.05) is 22.7 Å². The van der Waals surface area contributed by atoms with Crippen molar-refractivity contribution in [3.05, 3.63) is 83.4 Å². The van der Waals surface area contributed by atoms with Gasteiger partial charge in [0.1, 0.15) is 16.3 Å². The highest BCUT2D eigenvalue weighted by molar-refractivity contribution is 7.93. The standard InChI is InChI=1S/C23H20ClN3O6S2/c1-2-26(17-8-4-3-5-9-17)35(32,33)21-14-16(12-13-19(21)24)25-22(28)15-27-23(29)18-10-6-7-11-20(18)34(27,30)31/h3-14H,2,15H2,1H3,(H,25,28). The molecule has 0 spiro atoms. The molecule has 0 saturated heterocycles. The summed E-state index contributed by atoms with van der Waals surface area (Å²) in [6.45, 7) is 1.04. The van der Waals surface area contributed by atoms with Crippen LogP contribution in [0.1, 0.15) is 17.3 Å². The summed E-state index contributed by atoms with van der Waals surface area (Å²) < 4.78 is 53.7. The number of carbonyl (C=O) groups is 2. The highest BCUT2D eigenvalue weighted by atomic mass is 35.5. The first-order chi connectivity index (χ1) is 16.6. The van der Waals surface area contributed by atoms with Gasteiger partial charge >= 0.3 is 0 Å². The molecule has 1 heterocycles. The van der Waals surface area contributed by atoms with Gasteiger partial charge in [0.15, 0.2) is 0 Å². The number of nitrogens with zero attached hydrogens (tertiary/aromatic N) is 2. The van der Waals surface area contributed by atoms with Gasteiger partial charge in [-0.15, -0.1) is 0 Å². The van der Waals surface area contributed by atoms with E-state index >= 15 is 0 Å². The molecule has 2 amide bonds. The molecule has 3 aromatic carbocycles. The zero-order valence-corrected chi connectivity index (χ0v) is 20.8. The Labute approximate surface area is 208 Å². The number of anilines is 2. The van der Waals surface area contributed by atoms with Crippen molar-refractivity contribution in [3.63, 3.8) is 0 Å². The minimum Gasteiger partial charge on any atom is -0.324 e. The fourth-order valence-corrected chi connectivity index (χ4v) is 7.20. The van der Waals surface area contributed by atoms with Crippen molar-refractivity contribution in [1.82, 2.24) is 4.31 Å². The summed E-state index contributed by atoms with van der Waals surface area (Å²) in [5.41, 5.74) is 0.502. The molecule has 4 rings (SSSR count). The second-order valence-electron chi connectivity index (χ2n) is 7.51. The molecule has 1 aliphatic rings. The lowest BCUT2D eigenvalue weighted by Gasteiger charge is -2.23. The molecular formula is C23H20ClN3O6S2. The van der Waals surface area contributed by atoms with Gasteiger partial charge in [0.2, 0.25) is 5.91 Å². The van der Waals surface area contributed by atoms with E-state index < -0.39 is 38.4 Å². The van der Waals surface area contributed by atoms with Crippen molar-refractivity contribution >= 4 is 54.8 Å². The topological polar surface area (TPSA) is 121 Å². The van der Waals surface area contributed by atoms with Crippen LogP contribution in [0.4, 0.5) is 11.4 Å². The van der Waals surface area contributed by atoms with Crippen LogP contribution in [0, 0.1) is 0 Å². The molecule has 0 saturated carbocycles. The van der Waals surface area contributed by atoms with Crippen LogP contribution >= 0.6 is 11.6 Å². The van der Waals surface area contributed by atoms with E-state index in [-0.39, 0.29) is 32.6 Å². The van der Waals surface area contributed by atoms with Crippen molar-refractivity contribution in [2.45, 2.75) is 16.7 Å². The smallest absolute Gasteiger partial charge is 0.269 e. The van der Waals surface area contributed by atoms with E-state index in [0.717, 1.165) is 0 Å². The predicted molar refractivity (Wildman–Crippen MR) is 131 cm³/mol. The highest BCUT2D eigenvalue weighted by Crippen LogP contribution is 2.32. The lowest BCUT2D eigenvalue weighted by Crippen LogP contribution is -2.37. The Bertz CT molecular complexity index is 1530. The second-order valence-corrected chi connectivity index (χ2v) is 11.6. The zero-order chi connectivity index (χ0) is 25.4. The highest BCUT2D eigenvalue weighted by Gasteiger charge is 2.41. The number of hydrogen-bond acceptors (Lipinski definition) is 6. The Morgan fingerprint density at radius 1 is 1.03 bits per heavy atom. The molecule has 0 fully saturated rings. The molecule has 0 aromatic heterocycles. The molecule has 1 N–H and O–H groups in total. The van der Waals surface area contributed by atoms with Gasteiger partial charge in [-0.05, 0) is 49.4 Å². The Morgan fingerprint density at radius 3 is 2.34 bits per heavy atom. The van der Waals surface area contributed by atoms with Crippen LogP contribution in [0.25, 0.3) is 0 Å². The molecule has 0 unspecified atom stereocenters. The van der Waals surface area contributed by atoms with Gasteiger partial charge in [0.25, 0.3) is 26.0 Å². The first kappa shape index (κ1) is 24.7. The molecule has 35 heavy (non-hydrogen) atoms. The Kier molecular flexibility index (Phi) is 6.58. The van der Waals surface area contributed by atoms with Gasteiger partial charge < -0.3 is 5.32 Å². The van der Waals surface area contributed by atoms with E-state index in [4.69, 9.17) is 11.6 Å². The number of sulfonamides is 2. The first-order valence-corrected chi connectivity index (χ1v) is 13.7. The molecule has 1 aliphatic heterocycles. The predicted octanol–water partition coefficient (Wildman–Crippen LogP) is 3.34. The Hall–Kier alpha value is -3.41. The quantitative estimate of drug-likeness (QED) is 0.497. The molecule has 3 aromatic rings. The van der Waals surface area contributed by atoms with Crippen LogP contribution in [0.3, 0.4) is 0 Å². The molecule has 0 bridgehead atoms. The van der Waals surface area contributed by atoms with Crippen LogP contribution in [-0.2, 0) is 24.8 Å². The molecular weight excluding hydrogens is 514 g/mol. The summed E-state index contributed by atoms with van der Waals surface area (Å²) >= 11 is 6.20. The van der Waals surface area contributed by atoms with Crippen molar-refractivity contribution in [2.24, 2.45) is 0 Å². The molecule has 0 atom stereocenters. The van der Waals surface area contributed by atoms with Gasteiger partial charge in [0, 0.05) is 12.2 Å². The third kappa shape index (κ3) is 4.49. The van der Waals surface area contributed by atoms with Crippen LogP contribution in [-0.4, -0.2) is 46.0 Å². The summed E-state index contributed by atoms with van der Waals surface area (Å²) in [5.74, 6) is -1.63. The lowest BCUT2D eigenvalue weighted by molar-refractivity contribution is -0.116. The van der Waals surface area contributed by atoms with Gasteiger partial charge in [-0.1, -0.05) is 41.9 Å². The van der Waals surface area contributed by atoms with E-state index in [1.807, 2.05) is 0 Å². The van der Waals surface area contributed by atoms with Crippen molar-refractivity contribution in [3.8, 4) is 0 Å². The molecule has 0 aliphatic carbocycles. The van der Waals surface area contributed by atoms with Crippen LogP contribution in [0.15, 0.2) is 82.6 Å². The SMILES string of the molecule is CCN(c1ccccc1)S(=O)(=O)c1cc(NC(=O)CN2C(=O)c3ccccc3S2(=O)=O)ccc1Cl. The fraction of sp³-hybridized carbons (Fsp3) is 0.130. The summed E-state index contributed by atoms with van der Waals surface area (Å²) in [6, 6.07) is 18.0. The minimum atomic E-state index is -4.17. The largest absolute Gasteiger partial charge is 0.324 e. The maximum absolute atomic E-state index is 13.4.